The molecule has 2 aromatic heterocycles. The third-order valence-electron chi connectivity index (χ3n) is 11.0. The van der Waals surface area contributed by atoms with E-state index in [1.807, 2.05) is 24.3 Å². The number of rotatable bonds is 5. The molecule has 9 aromatic carbocycles. The molecule has 0 amide bonds. The number of para-hydroxylation sites is 1. The maximum atomic E-state index is 5.41. The molecule has 0 aliphatic carbocycles. The van der Waals surface area contributed by atoms with Gasteiger partial charge in [0.2, 0.25) is 0 Å². The second-order valence-electron chi connectivity index (χ2n) is 14.2. The normalized spacial score (nSPS) is 11.6. The standard InChI is InChI=1S/C52H33N3/c1-4-16-34(17-5-1)37-28-29-50-45(30-37)42-26-14-15-27-49(42)55(50)51-32-44-41-25-13-11-23-39(41)38-22-10-12-24-40(38)43(44)31-46(51)48-33-47(35-18-6-2-7-19-35)53-52(54-48)36-20-8-3-9-21-36/h1-33H. The number of nitrogens with zero attached hydrogens (tertiary/aromatic N) is 3. The van der Waals surface area contributed by atoms with Crippen LogP contribution in [0.1, 0.15) is 0 Å². The zero-order valence-corrected chi connectivity index (χ0v) is 29.9. The highest BCUT2D eigenvalue weighted by atomic mass is 15.0. The lowest BCUT2D eigenvalue weighted by molar-refractivity contribution is 1.15. The van der Waals surface area contributed by atoms with Gasteiger partial charge in [-0.25, -0.2) is 9.97 Å². The summed E-state index contributed by atoms with van der Waals surface area (Å²) in [6, 6.07) is 71.6. The van der Waals surface area contributed by atoms with E-state index in [1.165, 1.54) is 54.2 Å². The van der Waals surface area contributed by atoms with Crippen LogP contribution in [0.15, 0.2) is 200 Å². The van der Waals surface area contributed by atoms with Crippen LogP contribution in [0.25, 0.3) is 105 Å². The highest BCUT2D eigenvalue weighted by Gasteiger charge is 2.21. The van der Waals surface area contributed by atoms with Crippen LogP contribution in [0.2, 0.25) is 0 Å². The Morgan fingerprint density at radius 2 is 0.782 bits per heavy atom. The molecule has 256 valence electrons. The molecular weight excluding hydrogens is 667 g/mol. The summed E-state index contributed by atoms with van der Waals surface area (Å²) in [5.41, 5.74) is 10.6. The van der Waals surface area contributed by atoms with E-state index < -0.39 is 0 Å². The summed E-state index contributed by atoms with van der Waals surface area (Å²) in [6.07, 6.45) is 0. The molecule has 0 bridgehead atoms. The van der Waals surface area contributed by atoms with E-state index in [1.54, 1.807) is 0 Å². The van der Waals surface area contributed by atoms with Gasteiger partial charge < -0.3 is 4.57 Å². The van der Waals surface area contributed by atoms with E-state index in [2.05, 4.69) is 180 Å². The average molecular weight is 700 g/mol. The second-order valence-corrected chi connectivity index (χ2v) is 14.2. The maximum absolute atomic E-state index is 5.41. The van der Waals surface area contributed by atoms with Crippen molar-refractivity contribution in [2.45, 2.75) is 0 Å². The predicted molar refractivity (Wildman–Crippen MR) is 231 cm³/mol. The van der Waals surface area contributed by atoms with Gasteiger partial charge in [-0.3, -0.25) is 0 Å². The quantitative estimate of drug-likeness (QED) is 0.167. The van der Waals surface area contributed by atoms with Crippen molar-refractivity contribution in [2.24, 2.45) is 0 Å². The molecule has 0 spiro atoms. The fourth-order valence-electron chi connectivity index (χ4n) is 8.43. The third-order valence-corrected chi connectivity index (χ3v) is 11.0. The summed E-state index contributed by atoms with van der Waals surface area (Å²) in [4.78, 5) is 10.6. The van der Waals surface area contributed by atoms with Crippen molar-refractivity contribution in [1.82, 2.24) is 14.5 Å². The van der Waals surface area contributed by atoms with Crippen molar-refractivity contribution in [2.75, 3.05) is 0 Å². The van der Waals surface area contributed by atoms with Crippen LogP contribution in [-0.2, 0) is 0 Å². The van der Waals surface area contributed by atoms with Crippen molar-refractivity contribution in [1.29, 1.82) is 0 Å². The smallest absolute Gasteiger partial charge is 0.160 e. The van der Waals surface area contributed by atoms with Gasteiger partial charge in [-0.2, -0.15) is 0 Å². The summed E-state index contributed by atoms with van der Waals surface area (Å²) in [7, 11) is 0. The van der Waals surface area contributed by atoms with E-state index in [0.717, 1.165) is 44.8 Å². The largest absolute Gasteiger partial charge is 0.309 e. The lowest BCUT2D eigenvalue weighted by Crippen LogP contribution is -2.01. The lowest BCUT2D eigenvalue weighted by atomic mass is 9.91. The van der Waals surface area contributed by atoms with Crippen molar-refractivity contribution in [3.8, 4) is 50.7 Å². The van der Waals surface area contributed by atoms with Crippen LogP contribution in [-0.4, -0.2) is 14.5 Å². The van der Waals surface area contributed by atoms with Gasteiger partial charge in [0.25, 0.3) is 0 Å². The van der Waals surface area contributed by atoms with Gasteiger partial charge >= 0.3 is 0 Å². The SMILES string of the molecule is c1ccc(-c2ccc3c(c2)c2ccccc2n3-c2cc3c4ccccc4c4ccccc4c3cc2-c2cc(-c3ccccc3)nc(-c3ccccc3)n2)cc1. The van der Waals surface area contributed by atoms with Crippen LogP contribution < -0.4 is 0 Å². The topological polar surface area (TPSA) is 30.7 Å². The van der Waals surface area contributed by atoms with Gasteiger partial charge in [0.15, 0.2) is 5.82 Å². The minimum Gasteiger partial charge on any atom is -0.309 e. The van der Waals surface area contributed by atoms with Crippen LogP contribution >= 0.6 is 0 Å². The highest BCUT2D eigenvalue weighted by molar-refractivity contribution is 6.26. The zero-order chi connectivity index (χ0) is 36.3. The molecule has 0 atom stereocenters. The van der Waals surface area contributed by atoms with Gasteiger partial charge in [-0.05, 0) is 79.8 Å². The summed E-state index contributed by atoms with van der Waals surface area (Å²) < 4.78 is 2.45. The molecule has 0 radical (unpaired) electrons. The van der Waals surface area contributed by atoms with Gasteiger partial charge in [0.1, 0.15) is 0 Å². The van der Waals surface area contributed by atoms with Crippen LogP contribution in [0, 0.1) is 0 Å². The van der Waals surface area contributed by atoms with Crippen molar-refractivity contribution in [3.05, 3.63) is 200 Å². The Morgan fingerprint density at radius 3 is 1.44 bits per heavy atom. The first-order valence-corrected chi connectivity index (χ1v) is 18.7. The monoisotopic (exact) mass is 699 g/mol. The predicted octanol–water partition coefficient (Wildman–Crippen LogP) is 13.7. The molecule has 3 nitrogen and oxygen atoms in total. The molecule has 0 unspecified atom stereocenters. The molecule has 0 aliphatic rings. The van der Waals surface area contributed by atoms with E-state index in [0.29, 0.717) is 5.82 Å². The minimum atomic E-state index is 0.695. The molecule has 55 heavy (non-hydrogen) atoms. The van der Waals surface area contributed by atoms with Crippen LogP contribution in [0.3, 0.4) is 0 Å². The van der Waals surface area contributed by atoms with Gasteiger partial charge in [-0.1, -0.05) is 164 Å². The first kappa shape index (κ1) is 31.2. The van der Waals surface area contributed by atoms with Crippen LogP contribution in [0.4, 0.5) is 0 Å². The maximum Gasteiger partial charge on any atom is 0.160 e. The van der Waals surface area contributed by atoms with Gasteiger partial charge in [-0.15, -0.1) is 0 Å². The summed E-state index contributed by atoms with van der Waals surface area (Å²) in [5, 5.41) is 9.77. The van der Waals surface area contributed by atoms with E-state index >= 15 is 0 Å². The molecule has 0 N–H and O–H groups in total. The van der Waals surface area contributed by atoms with E-state index in [-0.39, 0.29) is 0 Å². The third kappa shape index (κ3) is 5.13. The fraction of sp³-hybridized carbons (Fsp3) is 0. The number of hydrogen-bond acceptors (Lipinski definition) is 2. The molecule has 0 saturated carbocycles. The Kier molecular flexibility index (Phi) is 7.17. The minimum absolute atomic E-state index is 0.695. The zero-order valence-electron chi connectivity index (χ0n) is 29.9. The average Bonchev–Trinajstić information content (AvgIpc) is 3.60. The van der Waals surface area contributed by atoms with Gasteiger partial charge in [0.05, 0.1) is 28.1 Å². The Bertz CT molecular complexity index is 3180. The molecular formula is C52H33N3. The van der Waals surface area contributed by atoms with Crippen molar-refractivity contribution < 1.29 is 0 Å². The molecule has 0 fully saturated rings. The summed E-state index contributed by atoms with van der Waals surface area (Å²) >= 11 is 0. The Balaban J connectivity index is 1.29. The first-order valence-electron chi connectivity index (χ1n) is 18.7. The second kappa shape index (κ2) is 12.6. The van der Waals surface area contributed by atoms with E-state index in [9.17, 15) is 0 Å². The molecule has 3 heteroatoms. The fourth-order valence-corrected chi connectivity index (χ4v) is 8.43. The first-order chi connectivity index (χ1) is 27.3. The van der Waals surface area contributed by atoms with E-state index in [4.69, 9.17) is 9.97 Å². The molecule has 2 heterocycles. The molecule has 11 aromatic rings. The molecule has 0 saturated heterocycles. The number of hydrogen-bond donors (Lipinski definition) is 0. The number of benzene rings is 9. The molecule has 11 rings (SSSR count). The van der Waals surface area contributed by atoms with Crippen LogP contribution in [0.5, 0.6) is 0 Å². The lowest BCUT2D eigenvalue weighted by Gasteiger charge is -2.19. The Morgan fingerprint density at radius 1 is 0.291 bits per heavy atom. The Labute approximate surface area is 318 Å². The van der Waals surface area contributed by atoms with Crippen molar-refractivity contribution >= 4 is 54.1 Å². The van der Waals surface area contributed by atoms with Gasteiger partial charge in [0, 0.05) is 27.5 Å². The van der Waals surface area contributed by atoms with Crippen molar-refractivity contribution in [3.63, 3.8) is 0 Å². The summed E-state index contributed by atoms with van der Waals surface area (Å²) in [5.74, 6) is 0.695. The number of aromatic nitrogens is 3. The Hall–Kier alpha value is -7.36. The summed E-state index contributed by atoms with van der Waals surface area (Å²) in [6.45, 7) is 0. The highest BCUT2D eigenvalue weighted by Crippen LogP contribution is 2.43. The molecule has 0 aliphatic heterocycles. The number of fused-ring (bicyclic) bond motifs is 9.